The average molecular weight is 360 g/mol. The van der Waals surface area contributed by atoms with Crippen molar-refractivity contribution < 1.29 is 9.53 Å². The van der Waals surface area contributed by atoms with Crippen LogP contribution >= 0.6 is 0 Å². The van der Waals surface area contributed by atoms with Crippen molar-refractivity contribution >= 4 is 11.6 Å². The van der Waals surface area contributed by atoms with E-state index in [1.807, 2.05) is 4.90 Å². The summed E-state index contributed by atoms with van der Waals surface area (Å²) >= 11 is 0. The van der Waals surface area contributed by atoms with E-state index < -0.39 is 0 Å². The van der Waals surface area contributed by atoms with E-state index in [-0.39, 0.29) is 0 Å². The lowest BCUT2D eigenvalue weighted by atomic mass is 10.1. The summed E-state index contributed by atoms with van der Waals surface area (Å²) in [5.41, 5.74) is 2.63. The second kappa shape index (κ2) is 9.38. The molecular formula is C21H33N3O2. The molecule has 1 aromatic rings. The zero-order valence-electron chi connectivity index (χ0n) is 16.3. The smallest absolute Gasteiger partial charge is 0.222 e. The predicted octanol–water partition coefficient (Wildman–Crippen LogP) is 2.53. The Morgan fingerprint density at radius 1 is 1.04 bits per heavy atom. The highest BCUT2D eigenvalue weighted by molar-refractivity contribution is 5.76. The van der Waals surface area contributed by atoms with E-state index in [1.165, 1.54) is 11.3 Å². The molecule has 2 fully saturated rings. The molecule has 2 aliphatic rings. The third-order valence-electron chi connectivity index (χ3n) is 5.76. The van der Waals surface area contributed by atoms with Gasteiger partial charge in [-0.25, -0.2) is 0 Å². The monoisotopic (exact) mass is 359 g/mol. The Balaban J connectivity index is 1.32. The van der Waals surface area contributed by atoms with Gasteiger partial charge in [0.15, 0.2) is 0 Å². The molecule has 26 heavy (non-hydrogen) atoms. The number of aryl methyl sites for hydroxylation is 1. The highest BCUT2D eigenvalue weighted by Crippen LogP contribution is 2.18. The Kier molecular flexibility index (Phi) is 6.92. The van der Waals surface area contributed by atoms with Crippen molar-refractivity contribution in [2.24, 2.45) is 0 Å². The number of hydrogen-bond donors (Lipinski definition) is 0. The second-order valence-electron chi connectivity index (χ2n) is 7.58. The first-order valence-electron chi connectivity index (χ1n) is 10.0. The number of likely N-dealkylation sites (tertiary alicyclic amines) is 1. The van der Waals surface area contributed by atoms with Gasteiger partial charge in [-0.05, 0) is 44.9 Å². The molecule has 0 atom stereocenters. The fourth-order valence-corrected chi connectivity index (χ4v) is 3.94. The normalized spacial score (nSPS) is 19.8. The molecule has 0 N–H and O–H groups in total. The minimum Gasteiger partial charge on any atom is -0.381 e. The SMILES string of the molecule is COC1CCN(C(=O)CCCN2CCN(c3ccc(C)cc3)CC2)CC1. The van der Waals surface area contributed by atoms with Crippen LogP contribution in [0, 0.1) is 6.92 Å². The maximum atomic E-state index is 12.4. The predicted molar refractivity (Wildman–Crippen MR) is 106 cm³/mol. The number of hydrogen-bond acceptors (Lipinski definition) is 4. The van der Waals surface area contributed by atoms with E-state index in [2.05, 4.69) is 41.0 Å². The van der Waals surface area contributed by atoms with Crippen molar-refractivity contribution in [2.45, 2.75) is 38.7 Å². The van der Waals surface area contributed by atoms with E-state index >= 15 is 0 Å². The van der Waals surface area contributed by atoms with Gasteiger partial charge in [-0.15, -0.1) is 0 Å². The van der Waals surface area contributed by atoms with Crippen LogP contribution < -0.4 is 4.90 Å². The summed E-state index contributed by atoms with van der Waals surface area (Å²) in [5, 5.41) is 0. The van der Waals surface area contributed by atoms with E-state index in [1.54, 1.807) is 7.11 Å². The Morgan fingerprint density at radius 2 is 1.69 bits per heavy atom. The van der Waals surface area contributed by atoms with Crippen LogP contribution in [0.15, 0.2) is 24.3 Å². The number of ether oxygens (including phenoxy) is 1. The van der Waals surface area contributed by atoms with Gasteiger partial charge in [-0.3, -0.25) is 9.69 Å². The lowest BCUT2D eigenvalue weighted by Gasteiger charge is -2.36. The molecule has 2 saturated heterocycles. The molecule has 0 saturated carbocycles. The highest BCUT2D eigenvalue weighted by atomic mass is 16.5. The van der Waals surface area contributed by atoms with Gasteiger partial charge >= 0.3 is 0 Å². The number of nitrogens with zero attached hydrogens (tertiary/aromatic N) is 3. The molecule has 0 unspecified atom stereocenters. The summed E-state index contributed by atoms with van der Waals surface area (Å²) in [5.74, 6) is 0.317. The lowest BCUT2D eigenvalue weighted by Crippen LogP contribution is -2.47. The van der Waals surface area contributed by atoms with Crippen molar-refractivity contribution in [2.75, 3.05) is 57.8 Å². The summed E-state index contributed by atoms with van der Waals surface area (Å²) in [7, 11) is 1.76. The lowest BCUT2D eigenvalue weighted by molar-refractivity contribution is -0.133. The number of carbonyl (C=O) groups is 1. The molecule has 0 aromatic heterocycles. The van der Waals surface area contributed by atoms with Crippen molar-refractivity contribution in [3.05, 3.63) is 29.8 Å². The molecule has 144 valence electrons. The maximum absolute atomic E-state index is 12.4. The number of anilines is 1. The molecule has 0 spiro atoms. The molecule has 3 rings (SSSR count). The minimum atomic E-state index is 0.317. The summed E-state index contributed by atoms with van der Waals surface area (Å²) < 4.78 is 5.38. The highest BCUT2D eigenvalue weighted by Gasteiger charge is 2.22. The topological polar surface area (TPSA) is 36.0 Å². The van der Waals surface area contributed by atoms with Crippen LogP contribution in [0.3, 0.4) is 0 Å². The molecule has 0 radical (unpaired) electrons. The van der Waals surface area contributed by atoms with Crippen molar-refractivity contribution in [3.63, 3.8) is 0 Å². The third kappa shape index (κ3) is 5.21. The number of benzene rings is 1. The molecule has 5 nitrogen and oxygen atoms in total. The van der Waals surface area contributed by atoms with Gasteiger partial charge in [0.25, 0.3) is 0 Å². The first kappa shape index (κ1) is 19.2. The van der Waals surface area contributed by atoms with E-state index in [4.69, 9.17) is 4.74 Å². The zero-order chi connectivity index (χ0) is 18.4. The van der Waals surface area contributed by atoms with Crippen LogP contribution in [0.1, 0.15) is 31.2 Å². The molecule has 2 aliphatic heterocycles. The molecule has 0 bridgehead atoms. The summed E-state index contributed by atoms with van der Waals surface area (Å²) in [6, 6.07) is 8.80. The van der Waals surface area contributed by atoms with E-state index in [0.29, 0.717) is 18.4 Å². The minimum absolute atomic E-state index is 0.317. The van der Waals surface area contributed by atoms with E-state index in [0.717, 1.165) is 65.1 Å². The first-order valence-corrected chi connectivity index (χ1v) is 10.0. The molecule has 5 heteroatoms. The molecule has 2 heterocycles. The van der Waals surface area contributed by atoms with Gasteiger partial charge in [0, 0.05) is 58.5 Å². The van der Waals surface area contributed by atoms with Crippen LogP contribution in [-0.4, -0.2) is 74.7 Å². The van der Waals surface area contributed by atoms with Gasteiger partial charge in [0.05, 0.1) is 6.10 Å². The van der Waals surface area contributed by atoms with Crippen molar-refractivity contribution in [1.82, 2.24) is 9.80 Å². The third-order valence-corrected chi connectivity index (χ3v) is 5.76. The van der Waals surface area contributed by atoms with Gasteiger partial charge < -0.3 is 14.5 Å². The Bertz CT molecular complexity index is 559. The van der Waals surface area contributed by atoms with Gasteiger partial charge in [-0.1, -0.05) is 17.7 Å². The number of piperazine rings is 1. The van der Waals surface area contributed by atoms with Crippen molar-refractivity contribution in [1.29, 1.82) is 0 Å². The second-order valence-corrected chi connectivity index (χ2v) is 7.58. The van der Waals surface area contributed by atoms with Crippen LogP contribution in [0.4, 0.5) is 5.69 Å². The fourth-order valence-electron chi connectivity index (χ4n) is 3.94. The Morgan fingerprint density at radius 3 is 2.31 bits per heavy atom. The number of rotatable bonds is 6. The summed E-state index contributed by atoms with van der Waals surface area (Å²) in [4.78, 5) is 19.3. The van der Waals surface area contributed by atoms with Crippen LogP contribution in [-0.2, 0) is 9.53 Å². The van der Waals surface area contributed by atoms with Crippen LogP contribution in [0.2, 0.25) is 0 Å². The van der Waals surface area contributed by atoms with Gasteiger partial charge in [0.2, 0.25) is 5.91 Å². The Labute approximate surface area is 157 Å². The van der Waals surface area contributed by atoms with Gasteiger partial charge in [-0.2, -0.15) is 0 Å². The van der Waals surface area contributed by atoms with Crippen LogP contribution in [0.5, 0.6) is 0 Å². The molecule has 0 aliphatic carbocycles. The molecular weight excluding hydrogens is 326 g/mol. The molecule has 1 amide bonds. The number of amides is 1. The number of methoxy groups -OCH3 is 1. The fraction of sp³-hybridized carbons (Fsp3) is 0.667. The van der Waals surface area contributed by atoms with E-state index in [9.17, 15) is 4.79 Å². The quantitative estimate of drug-likeness (QED) is 0.782. The van der Waals surface area contributed by atoms with Crippen molar-refractivity contribution in [3.8, 4) is 0 Å². The number of carbonyl (C=O) groups excluding carboxylic acids is 1. The number of piperidine rings is 1. The summed E-state index contributed by atoms with van der Waals surface area (Å²) in [6.07, 6.45) is 3.93. The summed E-state index contributed by atoms with van der Waals surface area (Å²) in [6.45, 7) is 9.18. The van der Waals surface area contributed by atoms with Gasteiger partial charge in [0.1, 0.15) is 0 Å². The zero-order valence-corrected chi connectivity index (χ0v) is 16.3. The Hall–Kier alpha value is -1.59. The standard InChI is InChI=1S/C21H33N3O2/c1-18-5-7-19(8-6-18)23-16-14-22(15-17-23)11-3-4-21(25)24-12-9-20(26-2)10-13-24/h5-8,20H,3-4,9-17H2,1-2H3. The largest absolute Gasteiger partial charge is 0.381 e. The van der Waals surface area contributed by atoms with Crippen LogP contribution in [0.25, 0.3) is 0 Å². The maximum Gasteiger partial charge on any atom is 0.222 e. The molecule has 1 aromatic carbocycles. The first-order chi connectivity index (χ1) is 12.7. The average Bonchev–Trinajstić information content (AvgIpc) is 2.69.